The maximum absolute atomic E-state index is 12.1. The minimum Gasteiger partial charge on any atom is -0.451 e. The minimum atomic E-state index is -1.04. The second-order valence-corrected chi connectivity index (χ2v) is 7.15. The van der Waals surface area contributed by atoms with Gasteiger partial charge in [-0.15, -0.1) is 0 Å². The molecular formula is C20H21IN2O5. The zero-order chi connectivity index (χ0) is 20.7. The number of aryl methyl sites for hydroxylation is 2. The topological polar surface area (TPSA) is 97.6 Å². The Kier molecular flexibility index (Phi) is 7.80. The van der Waals surface area contributed by atoms with Crippen LogP contribution in [0.5, 0.6) is 0 Å². The quantitative estimate of drug-likeness (QED) is 0.349. The van der Waals surface area contributed by atoms with Crippen LogP contribution in [0.3, 0.4) is 0 Å². The highest BCUT2D eigenvalue weighted by Gasteiger charge is 2.17. The molecule has 1 heterocycles. The number of amides is 2. The first-order chi connectivity index (χ1) is 13.3. The fourth-order valence-electron chi connectivity index (χ4n) is 2.34. The summed E-state index contributed by atoms with van der Waals surface area (Å²) < 4.78 is 11.0. The van der Waals surface area contributed by atoms with Gasteiger partial charge < -0.3 is 19.8 Å². The summed E-state index contributed by atoms with van der Waals surface area (Å²) in [4.78, 5) is 35.9. The van der Waals surface area contributed by atoms with E-state index in [2.05, 4.69) is 10.6 Å². The smallest absolute Gasteiger partial charge is 0.331 e. The molecule has 1 atom stereocenters. The molecule has 0 aliphatic heterocycles. The number of carbonyl (C=O) groups excluding carboxylic acids is 3. The Hall–Kier alpha value is -2.62. The zero-order valence-corrected chi connectivity index (χ0v) is 17.9. The average Bonchev–Trinajstić information content (AvgIpc) is 3.06. The number of benzene rings is 1. The molecular weight excluding hydrogens is 475 g/mol. The Morgan fingerprint density at radius 1 is 1.18 bits per heavy atom. The molecule has 0 aliphatic carbocycles. The van der Waals surface area contributed by atoms with Crippen molar-refractivity contribution in [3.05, 3.63) is 57.1 Å². The van der Waals surface area contributed by atoms with E-state index in [0.717, 1.165) is 16.8 Å². The van der Waals surface area contributed by atoms with E-state index in [1.165, 1.54) is 19.1 Å². The van der Waals surface area contributed by atoms with Gasteiger partial charge in [0.15, 0.2) is 9.87 Å². The van der Waals surface area contributed by atoms with E-state index in [9.17, 15) is 14.4 Å². The van der Waals surface area contributed by atoms with Gasteiger partial charge in [-0.1, -0.05) is 18.2 Å². The van der Waals surface area contributed by atoms with Gasteiger partial charge in [0.05, 0.1) is 6.54 Å². The number of carbonyl (C=O) groups is 3. The van der Waals surface area contributed by atoms with E-state index in [-0.39, 0.29) is 12.5 Å². The molecule has 2 N–H and O–H groups in total. The number of para-hydroxylation sites is 1. The number of furan rings is 1. The predicted octanol–water partition coefficient (Wildman–Crippen LogP) is 3.20. The van der Waals surface area contributed by atoms with Crippen LogP contribution in [-0.4, -0.2) is 30.4 Å². The summed E-state index contributed by atoms with van der Waals surface area (Å²) in [5.41, 5.74) is 2.58. The lowest BCUT2D eigenvalue weighted by atomic mass is 10.1. The second-order valence-electron chi connectivity index (χ2n) is 6.09. The van der Waals surface area contributed by atoms with E-state index in [1.54, 1.807) is 12.1 Å². The van der Waals surface area contributed by atoms with Crippen LogP contribution < -0.4 is 10.6 Å². The third kappa shape index (κ3) is 6.52. The number of hydrogen-bond donors (Lipinski definition) is 2. The van der Waals surface area contributed by atoms with Crippen molar-refractivity contribution in [1.82, 2.24) is 5.32 Å². The van der Waals surface area contributed by atoms with Crippen LogP contribution in [0.2, 0.25) is 0 Å². The van der Waals surface area contributed by atoms with Gasteiger partial charge >= 0.3 is 5.97 Å². The number of rotatable bonds is 7. The molecule has 148 valence electrons. The highest BCUT2D eigenvalue weighted by Crippen LogP contribution is 2.19. The van der Waals surface area contributed by atoms with Crippen molar-refractivity contribution in [3.63, 3.8) is 0 Å². The third-order valence-electron chi connectivity index (χ3n) is 3.81. The minimum absolute atomic E-state index is 0.227. The molecule has 7 nitrogen and oxygen atoms in total. The number of esters is 1. The Morgan fingerprint density at radius 3 is 2.46 bits per heavy atom. The molecule has 1 unspecified atom stereocenters. The van der Waals surface area contributed by atoms with Crippen molar-refractivity contribution in [3.8, 4) is 0 Å². The lowest BCUT2D eigenvalue weighted by Crippen LogP contribution is -2.40. The Balaban J connectivity index is 1.79. The van der Waals surface area contributed by atoms with Crippen LogP contribution in [0.4, 0.5) is 5.69 Å². The number of hydrogen-bond acceptors (Lipinski definition) is 5. The van der Waals surface area contributed by atoms with Gasteiger partial charge in [-0.05, 0) is 72.7 Å². The molecule has 2 aromatic rings. The number of halogens is 1. The van der Waals surface area contributed by atoms with Crippen molar-refractivity contribution in [2.24, 2.45) is 0 Å². The van der Waals surface area contributed by atoms with Gasteiger partial charge in [-0.25, -0.2) is 4.79 Å². The molecule has 0 saturated carbocycles. The van der Waals surface area contributed by atoms with Gasteiger partial charge in [0.2, 0.25) is 5.91 Å². The van der Waals surface area contributed by atoms with E-state index >= 15 is 0 Å². The molecule has 2 rings (SSSR count). The lowest BCUT2D eigenvalue weighted by Gasteiger charge is -2.14. The summed E-state index contributed by atoms with van der Waals surface area (Å²) in [7, 11) is 0. The highest BCUT2D eigenvalue weighted by atomic mass is 127. The zero-order valence-electron chi connectivity index (χ0n) is 15.7. The van der Waals surface area contributed by atoms with E-state index in [4.69, 9.17) is 9.15 Å². The van der Waals surface area contributed by atoms with E-state index in [1.807, 2.05) is 54.6 Å². The van der Waals surface area contributed by atoms with Gasteiger partial charge in [0.25, 0.3) is 5.91 Å². The molecule has 0 spiro atoms. The Bertz CT molecular complexity index is 884. The third-order valence-corrected chi connectivity index (χ3v) is 4.39. The maximum atomic E-state index is 12.1. The molecule has 0 fully saturated rings. The van der Waals surface area contributed by atoms with Gasteiger partial charge in [-0.3, -0.25) is 9.59 Å². The van der Waals surface area contributed by atoms with Crippen LogP contribution in [0.25, 0.3) is 6.08 Å². The maximum Gasteiger partial charge on any atom is 0.331 e. The van der Waals surface area contributed by atoms with Gasteiger partial charge in [-0.2, -0.15) is 0 Å². The fourth-order valence-corrected chi connectivity index (χ4v) is 2.78. The first-order valence-corrected chi connectivity index (χ1v) is 9.62. The molecule has 0 radical (unpaired) electrons. The summed E-state index contributed by atoms with van der Waals surface area (Å²) in [5.74, 6) is -1.11. The molecule has 0 bridgehead atoms. The molecule has 28 heavy (non-hydrogen) atoms. The lowest BCUT2D eigenvalue weighted by molar-refractivity contribution is -0.150. The number of anilines is 1. The molecule has 0 aliphatic rings. The monoisotopic (exact) mass is 496 g/mol. The summed E-state index contributed by atoms with van der Waals surface area (Å²) in [5, 5.41) is 5.22. The highest BCUT2D eigenvalue weighted by molar-refractivity contribution is 14.1. The molecule has 1 aromatic heterocycles. The number of ether oxygens (including phenoxy) is 1. The van der Waals surface area contributed by atoms with Crippen molar-refractivity contribution < 1.29 is 23.5 Å². The van der Waals surface area contributed by atoms with E-state index in [0.29, 0.717) is 9.53 Å². The van der Waals surface area contributed by atoms with Crippen LogP contribution in [0.15, 0.2) is 40.8 Å². The predicted molar refractivity (Wildman–Crippen MR) is 114 cm³/mol. The van der Waals surface area contributed by atoms with Crippen LogP contribution in [-0.2, 0) is 19.1 Å². The second kappa shape index (κ2) is 10.1. The molecule has 0 saturated heterocycles. The summed E-state index contributed by atoms with van der Waals surface area (Å²) in [6.45, 7) is 4.98. The van der Waals surface area contributed by atoms with Crippen LogP contribution in [0, 0.1) is 17.6 Å². The van der Waals surface area contributed by atoms with Gasteiger partial charge in [0, 0.05) is 11.8 Å². The first kappa shape index (κ1) is 21.7. The largest absolute Gasteiger partial charge is 0.451 e. The SMILES string of the molecule is Cc1cccc(C)c1NC(=O)CNC(=O)C(C)OC(=O)/C=C/c1ccc(I)o1. The average molecular weight is 496 g/mol. The summed E-state index contributed by atoms with van der Waals surface area (Å²) in [6.07, 6.45) is 1.58. The first-order valence-electron chi connectivity index (χ1n) is 8.54. The van der Waals surface area contributed by atoms with Crippen molar-refractivity contribution in [2.75, 3.05) is 11.9 Å². The van der Waals surface area contributed by atoms with Crippen molar-refractivity contribution in [2.45, 2.75) is 26.9 Å². The standard InChI is InChI=1S/C20H21IN2O5/c1-12-5-4-6-13(2)19(12)23-17(24)11-22-20(26)14(3)27-18(25)10-8-15-7-9-16(21)28-15/h4-10,14H,11H2,1-3H3,(H,22,26)(H,23,24)/b10-8+. The Labute approximate surface area is 176 Å². The molecule has 1 aromatic carbocycles. The summed E-state index contributed by atoms with van der Waals surface area (Å²) >= 11 is 2.01. The van der Waals surface area contributed by atoms with E-state index < -0.39 is 18.0 Å². The molecule has 8 heteroatoms. The normalized spacial score (nSPS) is 11.9. The fraction of sp³-hybridized carbons (Fsp3) is 0.250. The Morgan fingerprint density at radius 2 is 1.86 bits per heavy atom. The van der Waals surface area contributed by atoms with Crippen molar-refractivity contribution in [1.29, 1.82) is 0 Å². The van der Waals surface area contributed by atoms with Crippen LogP contribution in [0.1, 0.15) is 23.8 Å². The molecule has 2 amide bonds. The van der Waals surface area contributed by atoms with Crippen molar-refractivity contribution >= 4 is 52.1 Å². The summed E-state index contributed by atoms with van der Waals surface area (Å²) in [6, 6.07) is 9.14. The van der Waals surface area contributed by atoms with Gasteiger partial charge in [0.1, 0.15) is 5.76 Å². The number of nitrogens with one attached hydrogen (secondary N) is 2. The van der Waals surface area contributed by atoms with Crippen LogP contribution >= 0.6 is 22.6 Å².